The van der Waals surface area contributed by atoms with Crippen LogP contribution in [0.5, 0.6) is 0 Å². The minimum atomic E-state index is -0.318. The molecule has 2 N–H and O–H groups in total. The number of benzene rings is 1. The Balaban J connectivity index is 1.98. The predicted octanol–water partition coefficient (Wildman–Crippen LogP) is 3.67. The van der Waals surface area contributed by atoms with Crippen LogP contribution in [-0.4, -0.2) is 11.8 Å². The van der Waals surface area contributed by atoms with Gasteiger partial charge in [0.2, 0.25) is 11.8 Å². The number of anilines is 2. The van der Waals surface area contributed by atoms with Crippen LogP contribution in [0.3, 0.4) is 0 Å². The van der Waals surface area contributed by atoms with Crippen molar-refractivity contribution in [2.45, 2.75) is 18.7 Å². The maximum atomic E-state index is 11.6. The fraction of sp³-hybridized carbons (Fsp3) is 0.200. The first kappa shape index (κ1) is 14.1. The van der Waals surface area contributed by atoms with Gasteiger partial charge in [0.25, 0.3) is 0 Å². The van der Waals surface area contributed by atoms with E-state index in [2.05, 4.69) is 16.0 Å². The zero-order valence-corrected chi connectivity index (χ0v) is 12.8. The summed E-state index contributed by atoms with van der Waals surface area (Å²) in [5, 5.41) is 9.23. The van der Waals surface area contributed by atoms with E-state index < -0.39 is 0 Å². The summed E-state index contributed by atoms with van der Waals surface area (Å²) in [5.74, 6) is -0.628. The molecule has 0 radical (unpaired) electrons. The van der Waals surface area contributed by atoms with Gasteiger partial charge in [-0.1, -0.05) is 6.07 Å². The molecule has 0 saturated carbocycles. The van der Waals surface area contributed by atoms with Crippen LogP contribution in [0.4, 0.5) is 11.4 Å². The van der Waals surface area contributed by atoms with E-state index in [0.29, 0.717) is 11.4 Å². The molecule has 1 aliphatic heterocycles. The largest absolute Gasteiger partial charge is 0.324 e. The van der Waals surface area contributed by atoms with Gasteiger partial charge in [0.1, 0.15) is 6.42 Å². The Hall–Kier alpha value is -1.85. The molecule has 108 valence electrons. The summed E-state index contributed by atoms with van der Waals surface area (Å²) in [6.45, 7) is 2.02. The predicted molar refractivity (Wildman–Crippen MR) is 85.1 cm³/mol. The number of halogens is 1. The third-order valence-corrected chi connectivity index (χ3v) is 4.74. The maximum Gasteiger partial charge on any atom is 0.233 e. The average Bonchev–Trinajstić information content (AvgIpc) is 2.79. The molecule has 2 aromatic rings. The monoisotopic (exact) mass is 320 g/mol. The summed E-state index contributed by atoms with van der Waals surface area (Å²) in [7, 11) is 0. The molecule has 4 nitrogen and oxygen atoms in total. The zero-order valence-electron chi connectivity index (χ0n) is 11.3. The molecule has 0 bridgehead atoms. The van der Waals surface area contributed by atoms with Crippen molar-refractivity contribution < 1.29 is 9.59 Å². The summed E-state index contributed by atoms with van der Waals surface area (Å²) < 4.78 is 0. The topological polar surface area (TPSA) is 58.2 Å². The van der Waals surface area contributed by atoms with Crippen molar-refractivity contribution in [2.24, 2.45) is 0 Å². The number of amides is 2. The molecule has 21 heavy (non-hydrogen) atoms. The third-order valence-electron chi connectivity index (χ3n) is 3.37. The SMILES string of the molecule is Cc1cscc1C(Cl)c1ccc2c(c1)NC(=O)CC(=O)N2. The third kappa shape index (κ3) is 2.80. The normalized spacial score (nSPS) is 15.7. The molecule has 6 heteroatoms. The molecule has 1 aromatic carbocycles. The number of hydrogen-bond donors (Lipinski definition) is 2. The summed E-state index contributed by atoms with van der Waals surface area (Å²) in [6, 6.07) is 5.45. The van der Waals surface area contributed by atoms with E-state index in [-0.39, 0.29) is 23.6 Å². The van der Waals surface area contributed by atoms with Gasteiger partial charge in [-0.05, 0) is 46.5 Å². The molecule has 0 saturated heterocycles. The van der Waals surface area contributed by atoms with Gasteiger partial charge in [0.15, 0.2) is 0 Å². The molecule has 0 aliphatic carbocycles. The minimum Gasteiger partial charge on any atom is -0.324 e. The molecule has 0 spiro atoms. The maximum absolute atomic E-state index is 11.6. The van der Waals surface area contributed by atoms with Crippen LogP contribution >= 0.6 is 22.9 Å². The second-order valence-corrected chi connectivity index (χ2v) is 6.13. The Bertz CT molecular complexity index is 726. The van der Waals surface area contributed by atoms with E-state index in [1.165, 1.54) is 0 Å². The van der Waals surface area contributed by atoms with Crippen molar-refractivity contribution in [3.63, 3.8) is 0 Å². The number of carbonyl (C=O) groups is 2. The summed E-state index contributed by atoms with van der Waals surface area (Å²) in [4.78, 5) is 23.1. The Labute approximate surface area is 131 Å². The van der Waals surface area contributed by atoms with Crippen LogP contribution in [0.25, 0.3) is 0 Å². The minimum absolute atomic E-state index is 0.169. The van der Waals surface area contributed by atoms with Gasteiger partial charge in [-0.3, -0.25) is 9.59 Å². The molecular weight excluding hydrogens is 308 g/mol. The standard InChI is InChI=1S/C15H13ClN2O2S/c1-8-6-21-7-10(8)15(16)9-2-3-11-12(4-9)18-14(20)5-13(19)17-11/h2-4,6-7,15H,5H2,1H3,(H,17,19)(H,18,20). The van der Waals surface area contributed by atoms with Crippen molar-refractivity contribution in [1.82, 2.24) is 0 Å². The number of alkyl halides is 1. The molecule has 1 aromatic heterocycles. The Morgan fingerprint density at radius 1 is 1.14 bits per heavy atom. The molecule has 1 unspecified atom stereocenters. The van der Waals surface area contributed by atoms with Gasteiger partial charge >= 0.3 is 0 Å². The van der Waals surface area contributed by atoms with Gasteiger partial charge in [-0.25, -0.2) is 0 Å². The fourth-order valence-electron chi connectivity index (χ4n) is 2.28. The molecular formula is C15H13ClN2O2S. The van der Waals surface area contributed by atoms with Gasteiger partial charge in [-0.2, -0.15) is 11.3 Å². The first-order chi connectivity index (χ1) is 10.0. The number of hydrogen-bond acceptors (Lipinski definition) is 3. The lowest BCUT2D eigenvalue weighted by Gasteiger charge is -2.14. The number of carbonyl (C=O) groups excluding carboxylic acids is 2. The van der Waals surface area contributed by atoms with Gasteiger partial charge < -0.3 is 10.6 Å². The van der Waals surface area contributed by atoms with Crippen molar-refractivity contribution in [3.05, 3.63) is 45.6 Å². The van der Waals surface area contributed by atoms with E-state index >= 15 is 0 Å². The smallest absolute Gasteiger partial charge is 0.233 e. The zero-order chi connectivity index (χ0) is 15.0. The lowest BCUT2D eigenvalue weighted by Crippen LogP contribution is -2.16. The van der Waals surface area contributed by atoms with Crippen LogP contribution < -0.4 is 10.6 Å². The molecule has 2 heterocycles. The highest BCUT2D eigenvalue weighted by molar-refractivity contribution is 7.08. The molecule has 0 fully saturated rings. The molecule has 1 aliphatic rings. The molecule has 1 atom stereocenters. The highest BCUT2D eigenvalue weighted by Crippen LogP contribution is 2.36. The summed E-state index contributed by atoms with van der Waals surface area (Å²) in [6.07, 6.45) is -0.169. The fourth-order valence-corrected chi connectivity index (χ4v) is 3.60. The van der Waals surface area contributed by atoms with Crippen LogP contribution in [0.15, 0.2) is 29.0 Å². The summed E-state index contributed by atoms with van der Waals surface area (Å²) in [5.41, 5.74) is 4.27. The second-order valence-electron chi connectivity index (χ2n) is 4.95. The first-order valence-electron chi connectivity index (χ1n) is 6.45. The van der Waals surface area contributed by atoms with Crippen LogP contribution in [0.2, 0.25) is 0 Å². The first-order valence-corrected chi connectivity index (χ1v) is 7.83. The quantitative estimate of drug-likeness (QED) is 0.655. The number of fused-ring (bicyclic) bond motifs is 1. The van der Waals surface area contributed by atoms with Gasteiger partial charge in [-0.15, -0.1) is 11.6 Å². The Morgan fingerprint density at radius 2 is 1.86 bits per heavy atom. The number of rotatable bonds is 2. The van der Waals surface area contributed by atoms with Crippen LogP contribution in [0.1, 0.15) is 28.5 Å². The van der Waals surface area contributed by atoms with Crippen molar-refractivity contribution in [3.8, 4) is 0 Å². The molecule has 2 amide bonds. The van der Waals surface area contributed by atoms with Gasteiger partial charge in [0.05, 0.1) is 16.8 Å². The Kier molecular flexibility index (Phi) is 3.69. The second kappa shape index (κ2) is 5.50. The lowest BCUT2D eigenvalue weighted by atomic mass is 10.0. The molecule has 3 rings (SSSR count). The van der Waals surface area contributed by atoms with Crippen LogP contribution in [0, 0.1) is 6.92 Å². The van der Waals surface area contributed by atoms with Crippen molar-refractivity contribution in [2.75, 3.05) is 10.6 Å². The summed E-state index contributed by atoms with van der Waals surface area (Å²) >= 11 is 8.14. The van der Waals surface area contributed by atoms with E-state index in [0.717, 1.165) is 16.7 Å². The van der Waals surface area contributed by atoms with E-state index in [9.17, 15) is 9.59 Å². The van der Waals surface area contributed by atoms with E-state index in [1.807, 2.05) is 24.4 Å². The van der Waals surface area contributed by atoms with Gasteiger partial charge in [0, 0.05) is 0 Å². The van der Waals surface area contributed by atoms with E-state index in [4.69, 9.17) is 11.6 Å². The Morgan fingerprint density at radius 3 is 2.52 bits per heavy atom. The highest BCUT2D eigenvalue weighted by atomic mass is 35.5. The average molecular weight is 321 g/mol. The number of nitrogens with one attached hydrogen (secondary N) is 2. The highest BCUT2D eigenvalue weighted by Gasteiger charge is 2.21. The van der Waals surface area contributed by atoms with Crippen LogP contribution in [-0.2, 0) is 9.59 Å². The van der Waals surface area contributed by atoms with E-state index in [1.54, 1.807) is 17.4 Å². The number of thiophene rings is 1. The lowest BCUT2D eigenvalue weighted by molar-refractivity contribution is -0.123. The van der Waals surface area contributed by atoms with Crippen molar-refractivity contribution in [1.29, 1.82) is 0 Å². The van der Waals surface area contributed by atoms with Crippen molar-refractivity contribution >= 4 is 46.1 Å². The number of aryl methyl sites for hydroxylation is 1.